The molecule has 7 heteroatoms. The summed E-state index contributed by atoms with van der Waals surface area (Å²) >= 11 is 1.58. The number of para-hydroxylation sites is 1. The van der Waals surface area contributed by atoms with E-state index in [1.54, 1.807) is 35.6 Å². The van der Waals surface area contributed by atoms with E-state index in [4.69, 9.17) is 0 Å². The Morgan fingerprint density at radius 2 is 1.65 bits per heavy atom. The summed E-state index contributed by atoms with van der Waals surface area (Å²) in [5, 5.41) is 9.85. The van der Waals surface area contributed by atoms with Crippen LogP contribution in [0.15, 0.2) is 72.8 Å². The molecule has 0 unspecified atom stereocenters. The number of carbonyl (C=O) groups excluding carboxylic acids is 2. The van der Waals surface area contributed by atoms with E-state index in [1.165, 1.54) is 0 Å². The molecule has 3 N–H and O–H groups in total. The Kier molecular flexibility index (Phi) is 6.24. The first-order valence-electron chi connectivity index (χ1n) is 9.95. The quantitative estimate of drug-likeness (QED) is 0.371. The Morgan fingerprint density at radius 3 is 2.45 bits per heavy atom. The van der Waals surface area contributed by atoms with Gasteiger partial charge in [-0.2, -0.15) is 0 Å². The highest BCUT2D eigenvalue weighted by Crippen LogP contribution is 2.25. The average Bonchev–Trinajstić information content (AvgIpc) is 3.21. The fourth-order valence-corrected chi connectivity index (χ4v) is 3.97. The lowest BCUT2D eigenvalue weighted by Gasteiger charge is -2.11. The van der Waals surface area contributed by atoms with Gasteiger partial charge >= 0.3 is 0 Å². The van der Waals surface area contributed by atoms with Crippen molar-refractivity contribution in [2.75, 3.05) is 23.7 Å². The molecular weight excluding hydrogens is 408 g/mol. The summed E-state index contributed by atoms with van der Waals surface area (Å²) in [6, 6.07) is 22.2. The Labute approximate surface area is 184 Å². The molecule has 0 fully saturated rings. The summed E-state index contributed by atoms with van der Waals surface area (Å²) in [6.07, 6.45) is 0. The van der Waals surface area contributed by atoms with Crippen molar-refractivity contribution in [1.29, 1.82) is 0 Å². The number of aromatic nitrogens is 1. The summed E-state index contributed by atoms with van der Waals surface area (Å²) < 4.78 is 1.12. The number of hydrogen-bond acceptors (Lipinski definition) is 5. The molecule has 31 heavy (non-hydrogen) atoms. The first-order valence-corrected chi connectivity index (χ1v) is 10.8. The molecule has 0 spiro atoms. The third kappa shape index (κ3) is 5.07. The largest absolute Gasteiger partial charge is 0.360 e. The van der Waals surface area contributed by atoms with Crippen LogP contribution in [-0.4, -0.2) is 29.9 Å². The molecule has 0 bridgehead atoms. The van der Waals surface area contributed by atoms with Gasteiger partial charge in [-0.3, -0.25) is 9.59 Å². The van der Waals surface area contributed by atoms with E-state index < -0.39 is 0 Å². The van der Waals surface area contributed by atoms with E-state index in [2.05, 4.69) is 20.9 Å². The Balaban J connectivity index is 1.32. The topological polar surface area (TPSA) is 83.1 Å². The number of rotatable bonds is 7. The van der Waals surface area contributed by atoms with Crippen molar-refractivity contribution in [2.45, 2.75) is 6.92 Å². The number of nitrogens with one attached hydrogen (secondary N) is 3. The lowest BCUT2D eigenvalue weighted by molar-refractivity contribution is 0.0953. The van der Waals surface area contributed by atoms with Crippen LogP contribution in [0.25, 0.3) is 10.2 Å². The van der Waals surface area contributed by atoms with Crippen molar-refractivity contribution in [1.82, 2.24) is 10.3 Å². The number of carbonyl (C=O) groups is 2. The zero-order valence-corrected chi connectivity index (χ0v) is 17.8. The standard InChI is InChI=1S/C24H22N4O2S/c1-16-11-12-18(15-20(16)27-23(30)17-7-3-2-4-8-17)22(29)25-13-14-26-24-28-19-9-5-6-10-21(19)31-24/h2-12,15H,13-14H2,1H3,(H,25,29)(H,26,28)(H,27,30). The second-order valence-electron chi connectivity index (χ2n) is 7.02. The van der Waals surface area contributed by atoms with Gasteiger partial charge in [0.25, 0.3) is 11.8 Å². The Hall–Kier alpha value is -3.71. The SMILES string of the molecule is Cc1ccc(C(=O)NCCNc2nc3ccccc3s2)cc1NC(=O)c1ccccc1. The van der Waals surface area contributed by atoms with E-state index in [-0.39, 0.29) is 11.8 Å². The van der Waals surface area contributed by atoms with Gasteiger partial charge in [0.15, 0.2) is 5.13 Å². The van der Waals surface area contributed by atoms with Crippen LogP contribution in [0.2, 0.25) is 0 Å². The summed E-state index contributed by atoms with van der Waals surface area (Å²) in [5.74, 6) is -0.400. The number of hydrogen-bond donors (Lipinski definition) is 3. The van der Waals surface area contributed by atoms with Gasteiger partial charge in [0.05, 0.1) is 10.2 Å². The van der Waals surface area contributed by atoms with E-state index in [1.807, 2.05) is 55.5 Å². The van der Waals surface area contributed by atoms with E-state index in [0.717, 1.165) is 20.9 Å². The van der Waals surface area contributed by atoms with Crippen molar-refractivity contribution in [3.05, 3.63) is 89.5 Å². The summed E-state index contributed by atoms with van der Waals surface area (Å²) in [5.41, 5.74) is 3.53. The molecule has 0 radical (unpaired) electrons. The van der Waals surface area contributed by atoms with Crippen LogP contribution in [0, 0.1) is 6.92 Å². The zero-order valence-electron chi connectivity index (χ0n) is 17.0. The predicted octanol–water partition coefficient (Wildman–Crippen LogP) is 4.70. The molecule has 4 rings (SSSR count). The van der Waals surface area contributed by atoms with Crippen LogP contribution in [-0.2, 0) is 0 Å². The van der Waals surface area contributed by atoms with Gasteiger partial charge in [-0.15, -0.1) is 0 Å². The van der Waals surface area contributed by atoms with Crippen LogP contribution in [0.5, 0.6) is 0 Å². The van der Waals surface area contributed by atoms with E-state index in [9.17, 15) is 9.59 Å². The maximum Gasteiger partial charge on any atom is 0.255 e. The molecule has 0 aliphatic carbocycles. The smallest absolute Gasteiger partial charge is 0.255 e. The predicted molar refractivity (Wildman–Crippen MR) is 126 cm³/mol. The van der Waals surface area contributed by atoms with Crippen LogP contribution in [0.4, 0.5) is 10.8 Å². The summed E-state index contributed by atoms with van der Waals surface area (Å²) in [6.45, 7) is 2.91. The average molecular weight is 431 g/mol. The van der Waals surface area contributed by atoms with Gasteiger partial charge in [0.2, 0.25) is 0 Å². The van der Waals surface area contributed by atoms with Gasteiger partial charge in [0, 0.05) is 29.9 Å². The third-order valence-corrected chi connectivity index (χ3v) is 5.76. The molecule has 3 aromatic carbocycles. The van der Waals surface area contributed by atoms with Crippen LogP contribution >= 0.6 is 11.3 Å². The molecule has 0 saturated heterocycles. The van der Waals surface area contributed by atoms with E-state index in [0.29, 0.717) is 29.9 Å². The normalized spacial score (nSPS) is 10.6. The van der Waals surface area contributed by atoms with Crippen molar-refractivity contribution < 1.29 is 9.59 Å². The highest BCUT2D eigenvalue weighted by Gasteiger charge is 2.11. The minimum Gasteiger partial charge on any atom is -0.360 e. The first kappa shape index (κ1) is 20.6. The van der Waals surface area contributed by atoms with Crippen molar-refractivity contribution >= 4 is 44.2 Å². The van der Waals surface area contributed by atoms with Crippen molar-refractivity contribution in [3.63, 3.8) is 0 Å². The number of anilines is 2. The van der Waals surface area contributed by atoms with E-state index >= 15 is 0 Å². The number of nitrogens with zero attached hydrogens (tertiary/aromatic N) is 1. The number of aryl methyl sites for hydroxylation is 1. The summed E-state index contributed by atoms with van der Waals surface area (Å²) in [4.78, 5) is 29.5. The molecule has 1 heterocycles. The number of amides is 2. The second-order valence-corrected chi connectivity index (χ2v) is 8.05. The lowest BCUT2D eigenvalue weighted by Crippen LogP contribution is -2.28. The maximum atomic E-state index is 12.6. The number of benzene rings is 3. The van der Waals surface area contributed by atoms with Crippen LogP contribution in [0.1, 0.15) is 26.3 Å². The second kappa shape index (κ2) is 9.40. The Bertz CT molecular complexity index is 1190. The third-order valence-electron chi connectivity index (χ3n) is 4.76. The molecule has 0 aliphatic heterocycles. The van der Waals surface area contributed by atoms with Gasteiger partial charge in [-0.25, -0.2) is 4.98 Å². The highest BCUT2D eigenvalue weighted by molar-refractivity contribution is 7.22. The monoisotopic (exact) mass is 430 g/mol. The molecule has 0 aliphatic rings. The molecule has 0 saturated carbocycles. The highest BCUT2D eigenvalue weighted by atomic mass is 32.1. The molecule has 0 atom stereocenters. The fraction of sp³-hybridized carbons (Fsp3) is 0.125. The van der Waals surface area contributed by atoms with Crippen molar-refractivity contribution in [2.24, 2.45) is 0 Å². The minimum atomic E-state index is -0.207. The first-order chi connectivity index (χ1) is 15.1. The Morgan fingerprint density at radius 1 is 0.871 bits per heavy atom. The molecule has 6 nitrogen and oxygen atoms in total. The lowest BCUT2D eigenvalue weighted by atomic mass is 10.1. The minimum absolute atomic E-state index is 0.193. The molecular formula is C24H22N4O2S. The number of fused-ring (bicyclic) bond motifs is 1. The molecule has 2 amide bonds. The van der Waals surface area contributed by atoms with Gasteiger partial charge in [-0.05, 0) is 48.9 Å². The van der Waals surface area contributed by atoms with Crippen LogP contribution in [0.3, 0.4) is 0 Å². The molecule has 1 aromatic heterocycles. The van der Waals surface area contributed by atoms with Gasteiger partial charge in [0.1, 0.15) is 0 Å². The fourth-order valence-electron chi connectivity index (χ4n) is 3.08. The maximum absolute atomic E-state index is 12.6. The molecule has 156 valence electrons. The van der Waals surface area contributed by atoms with Crippen molar-refractivity contribution in [3.8, 4) is 0 Å². The zero-order chi connectivity index (χ0) is 21.6. The van der Waals surface area contributed by atoms with Crippen LogP contribution < -0.4 is 16.0 Å². The summed E-state index contributed by atoms with van der Waals surface area (Å²) in [7, 11) is 0. The number of thiazole rings is 1. The molecule has 4 aromatic rings. The van der Waals surface area contributed by atoms with Gasteiger partial charge < -0.3 is 16.0 Å². The van der Waals surface area contributed by atoms with Gasteiger partial charge in [-0.1, -0.05) is 47.7 Å².